The Morgan fingerprint density at radius 2 is 1.36 bits per heavy atom. The van der Waals surface area contributed by atoms with Crippen LogP contribution < -0.4 is 25.6 Å². The van der Waals surface area contributed by atoms with Gasteiger partial charge in [0, 0.05) is 48.7 Å². The van der Waals surface area contributed by atoms with Crippen molar-refractivity contribution >= 4 is 29.0 Å². The first-order valence-electron chi connectivity index (χ1n) is 18.8. The van der Waals surface area contributed by atoms with Crippen LogP contribution in [0.1, 0.15) is 48.3 Å². The molecule has 11 heteroatoms. The topological polar surface area (TPSA) is 125 Å². The summed E-state index contributed by atoms with van der Waals surface area (Å²) < 4.78 is 19.1. The van der Waals surface area contributed by atoms with Gasteiger partial charge in [-0.05, 0) is 84.6 Å². The third kappa shape index (κ3) is 8.35. The molecule has 4 N–H and O–H groups in total. The number of ether oxygens (including phenoxy) is 3. The van der Waals surface area contributed by atoms with E-state index in [0.29, 0.717) is 36.8 Å². The maximum atomic E-state index is 13.2. The average molecular weight is 740 g/mol. The third-order valence-corrected chi connectivity index (χ3v) is 10.7. The second kappa shape index (κ2) is 16.3. The van der Waals surface area contributed by atoms with Crippen molar-refractivity contribution in [3.8, 4) is 11.5 Å². The Balaban J connectivity index is 0.908. The lowest BCUT2D eigenvalue weighted by molar-refractivity contribution is -0.253. The number of likely N-dealkylation sites (tertiary alicyclic amines) is 1. The SMILES string of the molecule is O=C(Nc1ccc(Oc2ccccc2)cc1)Nc1ccc([C@H]2O[C@@H](CN3CCC4(CC3)C(=O)NCN4c3ccccc3)C[C@@H](c3ccc(CO)cc3)O2)cc1. The maximum absolute atomic E-state index is 13.2. The van der Waals surface area contributed by atoms with Crippen LogP contribution in [0, 0.1) is 0 Å². The molecule has 11 nitrogen and oxygen atoms in total. The molecular formula is C44H45N5O6. The van der Waals surface area contributed by atoms with Gasteiger partial charge in [-0.25, -0.2) is 4.79 Å². The van der Waals surface area contributed by atoms with Gasteiger partial charge in [0.2, 0.25) is 5.91 Å². The van der Waals surface area contributed by atoms with Crippen molar-refractivity contribution < 1.29 is 28.9 Å². The van der Waals surface area contributed by atoms with Gasteiger partial charge >= 0.3 is 6.03 Å². The first kappa shape index (κ1) is 36.3. The predicted octanol–water partition coefficient (Wildman–Crippen LogP) is 7.59. The van der Waals surface area contributed by atoms with E-state index >= 15 is 0 Å². The number of urea groups is 1. The summed E-state index contributed by atoms with van der Waals surface area (Å²) in [6.07, 6.45) is 1.11. The van der Waals surface area contributed by atoms with Crippen LogP contribution in [0.2, 0.25) is 0 Å². The van der Waals surface area contributed by atoms with Crippen molar-refractivity contribution in [1.29, 1.82) is 0 Å². The normalized spacial score (nSPS) is 20.9. The molecule has 3 atom stereocenters. The Kier molecular flexibility index (Phi) is 10.8. The summed E-state index contributed by atoms with van der Waals surface area (Å²) in [6.45, 7) is 2.73. The van der Waals surface area contributed by atoms with Crippen LogP contribution in [0.15, 0.2) is 133 Å². The molecule has 0 unspecified atom stereocenters. The van der Waals surface area contributed by atoms with Crippen LogP contribution in [-0.2, 0) is 20.9 Å². The molecule has 0 aromatic heterocycles. The fourth-order valence-electron chi connectivity index (χ4n) is 7.71. The van der Waals surface area contributed by atoms with Crippen LogP contribution in [0.5, 0.6) is 11.5 Å². The lowest BCUT2D eigenvalue weighted by Gasteiger charge is -2.45. The molecule has 3 aliphatic heterocycles. The molecule has 1 spiro atoms. The molecular weight excluding hydrogens is 695 g/mol. The highest BCUT2D eigenvalue weighted by Gasteiger charge is 2.50. The lowest BCUT2D eigenvalue weighted by Crippen LogP contribution is -2.57. The molecule has 282 valence electrons. The Labute approximate surface area is 320 Å². The summed E-state index contributed by atoms with van der Waals surface area (Å²) in [5.74, 6) is 1.51. The largest absolute Gasteiger partial charge is 0.457 e. The number of para-hydroxylation sites is 2. The molecule has 8 rings (SSSR count). The summed E-state index contributed by atoms with van der Waals surface area (Å²) in [4.78, 5) is 30.7. The van der Waals surface area contributed by atoms with E-state index in [-0.39, 0.29) is 30.8 Å². The smallest absolute Gasteiger partial charge is 0.323 e. The number of hydrogen-bond donors (Lipinski definition) is 4. The van der Waals surface area contributed by atoms with Gasteiger partial charge in [-0.1, -0.05) is 72.8 Å². The Bertz CT molecular complexity index is 2040. The second-order valence-corrected chi connectivity index (χ2v) is 14.3. The molecule has 55 heavy (non-hydrogen) atoms. The molecule has 3 saturated heterocycles. The molecule has 5 aromatic carbocycles. The molecule has 3 fully saturated rings. The fourth-order valence-corrected chi connectivity index (χ4v) is 7.71. The van der Waals surface area contributed by atoms with Gasteiger partial charge in [-0.3, -0.25) is 4.79 Å². The van der Waals surface area contributed by atoms with Crippen molar-refractivity contribution in [3.63, 3.8) is 0 Å². The molecule has 0 saturated carbocycles. The number of amides is 3. The number of nitrogens with zero attached hydrogens (tertiary/aromatic N) is 2. The second-order valence-electron chi connectivity index (χ2n) is 14.3. The number of nitrogens with one attached hydrogen (secondary N) is 3. The quantitative estimate of drug-likeness (QED) is 0.116. The van der Waals surface area contributed by atoms with E-state index in [1.165, 1.54) is 0 Å². The van der Waals surface area contributed by atoms with E-state index in [1.807, 2.05) is 97.1 Å². The molecule has 3 amide bonds. The first-order valence-corrected chi connectivity index (χ1v) is 18.8. The summed E-state index contributed by atoms with van der Waals surface area (Å²) >= 11 is 0. The van der Waals surface area contributed by atoms with Gasteiger partial charge < -0.3 is 45.1 Å². The number of rotatable bonds is 10. The van der Waals surface area contributed by atoms with E-state index < -0.39 is 11.8 Å². The zero-order chi connectivity index (χ0) is 37.6. The van der Waals surface area contributed by atoms with Crippen LogP contribution in [0.4, 0.5) is 21.9 Å². The first-order chi connectivity index (χ1) is 26.9. The van der Waals surface area contributed by atoms with Crippen molar-refractivity contribution in [3.05, 3.63) is 150 Å². The average Bonchev–Trinajstić information content (AvgIpc) is 3.54. The zero-order valence-electron chi connectivity index (χ0n) is 30.5. The van der Waals surface area contributed by atoms with Gasteiger partial charge in [0.1, 0.15) is 17.0 Å². The van der Waals surface area contributed by atoms with E-state index in [4.69, 9.17) is 14.2 Å². The fraction of sp³-hybridized carbons (Fsp3) is 0.273. The summed E-state index contributed by atoms with van der Waals surface area (Å²) in [5.41, 5.74) is 4.45. The van der Waals surface area contributed by atoms with Gasteiger partial charge in [-0.2, -0.15) is 0 Å². The predicted molar refractivity (Wildman–Crippen MR) is 211 cm³/mol. The Hall–Kier alpha value is -5.72. The number of carbonyl (C=O) groups excluding carboxylic acids is 2. The Morgan fingerprint density at radius 1 is 0.764 bits per heavy atom. The maximum Gasteiger partial charge on any atom is 0.323 e. The highest BCUT2D eigenvalue weighted by atomic mass is 16.7. The van der Waals surface area contributed by atoms with E-state index in [1.54, 1.807) is 24.3 Å². The molecule has 0 bridgehead atoms. The van der Waals surface area contributed by atoms with Crippen molar-refractivity contribution in [1.82, 2.24) is 10.2 Å². The van der Waals surface area contributed by atoms with Gasteiger partial charge in [-0.15, -0.1) is 0 Å². The number of benzene rings is 5. The van der Waals surface area contributed by atoms with Crippen LogP contribution in [0.25, 0.3) is 0 Å². The van der Waals surface area contributed by atoms with Crippen LogP contribution in [0.3, 0.4) is 0 Å². The van der Waals surface area contributed by atoms with Crippen LogP contribution in [-0.4, -0.2) is 59.9 Å². The Morgan fingerprint density at radius 3 is 2.02 bits per heavy atom. The summed E-state index contributed by atoms with van der Waals surface area (Å²) in [7, 11) is 0. The lowest BCUT2D eigenvalue weighted by atomic mass is 9.85. The minimum Gasteiger partial charge on any atom is -0.457 e. The van der Waals surface area contributed by atoms with E-state index in [2.05, 4.69) is 37.9 Å². The van der Waals surface area contributed by atoms with Crippen molar-refractivity contribution in [2.24, 2.45) is 0 Å². The number of carbonyl (C=O) groups is 2. The van der Waals surface area contributed by atoms with Crippen molar-refractivity contribution in [2.75, 3.05) is 41.8 Å². The highest BCUT2D eigenvalue weighted by molar-refractivity contribution is 5.99. The number of aliphatic hydroxyl groups is 1. The molecule has 0 aliphatic carbocycles. The highest BCUT2D eigenvalue weighted by Crippen LogP contribution is 2.40. The van der Waals surface area contributed by atoms with Gasteiger partial charge in [0.05, 0.1) is 25.5 Å². The molecule has 5 aromatic rings. The molecule has 0 radical (unpaired) electrons. The minimum absolute atomic E-state index is 0.0231. The number of piperidine rings is 1. The van der Waals surface area contributed by atoms with Gasteiger partial charge in [0.15, 0.2) is 6.29 Å². The minimum atomic E-state index is -0.633. The third-order valence-electron chi connectivity index (χ3n) is 10.7. The number of aliphatic hydroxyl groups excluding tert-OH is 1. The number of anilines is 3. The van der Waals surface area contributed by atoms with Crippen LogP contribution >= 0.6 is 0 Å². The zero-order valence-corrected chi connectivity index (χ0v) is 30.5. The molecule has 3 aliphatic rings. The van der Waals surface area contributed by atoms with Gasteiger partial charge in [0.25, 0.3) is 0 Å². The number of hydrogen-bond acceptors (Lipinski definition) is 8. The van der Waals surface area contributed by atoms with Crippen molar-refractivity contribution in [2.45, 2.75) is 49.9 Å². The van der Waals surface area contributed by atoms with E-state index in [9.17, 15) is 14.7 Å². The molecule has 3 heterocycles. The van der Waals surface area contributed by atoms with E-state index in [0.717, 1.165) is 54.1 Å². The monoisotopic (exact) mass is 739 g/mol. The summed E-state index contributed by atoms with van der Waals surface area (Å²) in [6, 6.07) is 41.8. The summed E-state index contributed by atoms with van der Waals surface area (Å²) in [5, 5.41) is 18.5. The standard InChI is InChI=1S/C44H45N5O6/c50-29-31-11-13-32(14-12-31)40-27-39(28-48-25-23-44(24-26-48)42(51)45-30-49(44)36-7-3-1-4-8-36)54-41(55-40)33-15-17-34(18-16-33)46-43(52)47-35-19-21-38(22-20-35)53-37-9-5-2-6-10-37/h1-22,39-41,50H,23-30H2,(H,45,51)(H2,46,47,52)/t39-,40+,41+/m1/s1.